The number of carbonyl (C=O) groups is 8. The number of phenolic OH excluding ortho intramolecular Hbond substituents is 1. The first-order valence-corrected chi connectivity index (χ1v) is 17.3. The first kappa shape index (κ1) is 43.9. The number of H-pyrrole nitrogens is 1. The highest BCUT2D eigenvalue weighted by Gasteiger charge is 2.35. The van der Waals surface area contributed by atoms with Gasteiger partial charge in [-0.1, -0.05) is 44.2 Å². The standard InChI is InChI=1S/C36H46N8O12/c1-17(2)30(35(54)42-25(32(51)43-27(36(55)56)13-28(38)47)12-19-15-39-23-6-4-3-5-21(19)23)44-34(53)24(11-18-7-9-20(46)10-8-18)41-33(52)26(14-29(48)49)40-31(50)22(37)16-45/h3-10,15,17,22,24-27,30,39,45-46H,11-14,16,37H2,1-2H3,(H2,38,47)(H,40,50)(H,41,52)(H,42,54)(H,43,51)(H,44,53)(H,48,49)(H,55,56)/t22-,24-,25-,26-,27-,30-/m0/s1. The lowest BCUT2D eigenvalue weighted by molar-refractivity contribution is -0.144. The minimum absolute atomic E-state index is 0.102. The lowest BCUT2D eigenvalue weighted by Crippen LogP contribution is -2.61. The number of aromatic nitrogens is 1. The molecule has 0 aliphatic rings. The lowest BCUT2D eigenvalue weighted by atomic mass is 9.99. The van der Waals surface area contributed by atoms with Crippen molar-refractivity contribution >= 4 is 58.3 Å². The van der Waals surface area contributed by atoms with Crippen molar-refractivity contribution in [2.24, 2.45) is 17.4 Å². The summed E-state index contributed by atoms with van der Waals surface area (Å²) in [5.41, 5.74) is 12.4. The molecule has 3 aromatic rings. The van der Waals surface area contributed by atoms with Gasteiger partial charge in [0.15, 0.2) is 0 Å². The molecule has 2 aromatic carbocycles. The van der Waals surface area contributed by atoms with Crippen LogP contribution in [0.4, 0.5) is 0 Å². The van der Waals surface area contributed by atoms with Gasteiger partial charge in [0.1, 0.15) is 42.0 Å². The number of phenols is 1. The zero-order valence-corrected chi connectivity index (χ0v) is 30.5. The number of hydrogen-bond acceptors (Lipinski definition) is 11. The van der Waals surface area contributed by atoms with Crippen LogP contribution in [0.15, 0.2) is 54.7 Å². The van der Waals surface area contributed by atoms with Gasteiger partial charge in [0, 0.05) is 29.9 Å². The van der Waals surface area contributed by atoms with Crippen LogP contribution in [0.25, 0.3) is 10.9 Å². The van der Waals surface area contributed by atoms with Crippen LogP contribution in [0.5, 0.6) is 5.75 Å². The third-order valence-electron chi connectivity index (χ3n) is 8.55. The molecular weight excluding hydrogens is 736 g/mol. The molecule has 1 aromatic heterocycles. The second-order valence-electron chi connectivity index (χ2n) is 13.3. The van der Waals surface area contributed by atoms with Gasteiger partial charge in [0.25, 0.3) is 0 Å². The van der Waals surface area contributed by atoms with E-state index in [2.05, 4.69) is 31.6 Å². The summed E-state index contributed by atoms with van der Waals surface area (Å²) in [6.45, 7) is 2.33. The number of aliphatic carboxylic acids is 2. The normalized spacial score (nSPS) is 14.3. The molecule has 20 nitrogen and oxygen atoms in total. The van der Waals surface area contributed by atoms with Gasteiger partial charge in [-0.25, -0.2) is 4.79 Å². The highest BCUT2D eigenvalue weighted by Crippen LogP contribution is 2.20. The van der Waals surface area contributed by atoms with Crippen molar-refractivity contribution in [3.8, 4) is 5.75 Å². The molecule has 20 heteroatoms. The fourth-order valence-electron chi connectivity index (χ4n) is 5.55. The Morgan fingerprint density at radius 2 is 1.25 bits per heavy atom. The molecular formula is C36H46N8O12. The summed E-state index contributed by atoms with van der Waals surface area (Å²) >= 11 is 0. The summed E-state index contributed by atoms with van der Waals surface area (Å²) in [4.78, 5) is 105. The van der Waals surface area contributed by atoms with Gasteiger partial charge in [-0.15, -0.1) is 0 Å². The summed E-state index contributed by atoms with van der Waals surface area (Å²) in [7, 11) is 0. The fourth-order valence-corrected chi connectivity index (χ4v) is 5.55. The van der Waals surface area contributed by atoms with E-state index in [0.717, 1.165) is 0 Å². The zero-order valence-electron chi connectivity index (χ0n) is 30.5. The molecule has 1 heterocycles. The monoisotopic (exact) mass is 782 g/mol. The molecule has 302 valence electrons. The number of carboxylic acids is 2. The number of aromatic amines is 1. The molecule has 6 amide bonds. The maximum atomic E-state index is 13.9. The second-order valence-corrected chi connectivity index (χ2v) is 13.3. The second kappa shape index (κ2) is 20.2. The molecule has 0 saturated carbocycles. The number of nitrogens with one attached hydrogen (secondary N) is 6. The number of aliphatic hydroxyl groups excluding tert-OH is 1. The van der Waals surface area contributed by atoms with Crippen molar-refractivity contribution in [2.75, 3.05) is 6.61 Å². The molecule has 3 rings (SSSR count). The van der Waals surface area contributed by atoms with Gasteiger partial charge < -0.3 is 63.5 Å². The minimum atomic E-state index is -1.75. The fraction of sp³-hybridized carbons (Fsp3) is 0.389. The van der Waals surface area contributed by atoms with Crippen LogP contribution >= 0.6 is 0 Å². The number of aromatic hydroxyl groups is 1. The largest absolute Gasteiger partial charge is 0.508 e. The molecule has 0 saturated heterocycles. The van der Waals surface area contributed by atoms with Crippen molar-refractivity contribution in [3.05, 3.63) is 65.9 Å². The number of rotatable bonds is 21. The maximum absolute atomic E-state index is 13.9. The number of benzene rings is 2. The molecule has 14 N–H and O–H groups in total. The Kier molecular flexibility index (Phi) is 15.8. The van der Waals surface area contributed by atoms with Crippen LogP contribution in [-0.4, -0.2) is 116 Å². The molecule has 0 fully saturated rings. The number of primary amides is 1. The summed E-state index contributed by atoms with van der Waals surface area (Å²) in [6, 6.07) is 3.28. The Morgan fingerprint density at radius 3 is 1.84 bits per heavy atom. The Morgan fingerprint density at radius 1 is 0.696 bits per heavy atom. The third kappa shape index (κ3) is 12.8. The lowest BCUT2D eigenvalue weighted by Gasteiger charge is -2.28. The Labute approximate surface area is 319 Å². The van der Waals surface area contributed by atoms with Gasteiger partial charge in [0.2, 0.25) is 35.4 Å². The zero-order chi connectivity index (χ0) is 41.7. The van der Waals surface area contributed by atoms with E-state index in [1.165, 1.54) is 24.3 Å². The van der Waals surface area contributed by atoms with Gasteiger partial charge >= 0.3 is 11.9 Å². The topological polar surface area (TPSA) is 345 Å². The van der Waals surface area contributed by atoms with Crippen molar-refractivity contribution in [1.29, 1.82) is 0 Å². The van der Waals surface area contributed by atoms with E-state index >= 15 is 0 Å². The SMILES string of the molecule is CC(C)[C@H](NC(=O)[C@H](Cc1ccc(O)cc1)NC(=O)[C@H](CC(=O)O)NC(=O)[C@@H](N)CO)C(=O)N[C@@H](Cc1c[nH]c2ccccc12)C(=O)N[C@@H](CC(N)=O)C(=O)O. The van der Waals surface area contributed by atoms with Crippen molar-refractivity contribution in [1.82, 2.24) is 31.6 Å². The first-order chi connectivity index (χ1) is 26.4. The minimum Gasteiger partial charge on any atom is -0.508 e. The number of amides is 6. The van der Waals surface area contributed by atoms with Gasteiger partial charge in [-0.3, -0.25) is 33.6 Å². The quantitative estimate of drug-likeness (QED) is 0.0532. The number of carboxylic acid groups (broad SMARTS) is 2. The molecule has 0 unspecified atom stereocenters. The number of aliphatic hydroxyl groups is 1. The van der Waals surface area contributed by atoms with E-state index in [-0.39, 0.29) is 18.6 Å². The number of carbonyl (C=O) groups excluding carboxylic acids is 6. The molecule has 0 aliphatic carbocycles. The Bertz CT molecular complexity index is 1910. The van der Waals surface area contributed by atoms with Crippen LogP contribution < -0.4 is 38.1 Å². The van der Waals surface area contributed by atoms with E-state index in [4.69, 9.17) is 11.5 Å². The van der Waals surface area contributed by atoms with E-state index < -0.39 is 109 Å². The Hall–Kier alpha value is -6.54. The summed E-state index contributed by atoms with van der Waals surface area (Å²) in [5, 5.41) is 50.6. The average Bonchev–Trinajstić information content (AvgIpc) is 3.54. The van der Waals surface area contributed by atoms with Crippen LogP contribution in [0, 0.1) is 5.92 Å². The summed E-state index contributed by atoms with van der Waals surface area (Å²) in [5.74, 6) is -9.78. The van der Waals surface area contributed by atoms with E-state index in [9.17, 15) is 58.8 Å². The average molecular weight is 783 g/mol. The number of para-hydroxylation sites is 1. The molecule has 0 spiro atoms. The molecule has 0 aliphatic heterocycles. The predicted molar refractivity (Wildman–Crippen MR) is 197 cm³/mol. The Balaban J connectivity index is 1.93. The first-order valence-electron chi connectivity index (χ1n) is 17.3. The van der Waals surface area contributed by atoms with Crippen molar-refractivity contribution in [3.63, 3.8) is 0 Å². The predicted octanol–water partition coefficient (Wildman–Crippen LogP) is -2.51. The highest BCUT2D eigenvalue weighted by molar-refractivity contribution is 5.98. The highest BCUT2D eigenvalue weighted by atomic mass is 16.4. The van der Waals surface area contributed by atoms with Gasteiger partial charge in [-0.05, 0) is 35.2 Å². The molecule has 0 bridgehead atoms. The van der Waals surface area contributed by atoms with E-state index in [0.29, 0.717) is 22.0 Å². The van der Waals surface area contributed by atoms with Crippen molar-refractivity contribution < 1.29 is 58.8 Å². The van der Waals surface area contributed by atoms with Crippen LogP contribution in [0.1, 0.15) is 37.8 Å². The number of fused-ring (bicyclic) bond motifs is 1. The van der Waals surface area contributed by atoms with E-state index in [1.807, 2.05) is 0 Å². The summed E-state index contributed by atoms with van der Waals surface area (Å²) in [6.07, 6.45) is -0.484. The van der Waals surface area contributed by atoms with Crippen molar-refractivity contribution in [2.45, 2.75) is 75.8 Å². The number of nitrogens with two attached hydrogens (primary N) is 2. The van der Waals surface area contributed by atoms with Crippen LogP contribution in [-0.2, 0) is 51.2 Å². The smallest absolute Gasteiger partial charge is 0.326 e. The third-order valence-corrected chi connectivity index (χ3v) is 8.55. The van der Waals surface area contributed by atoms with Crippen LogP contribution in [0.3, 0.4) is 0 Å². The van der Waals surface area contributed by atoms with E-state index in [1.54, 1.807) is 44.3 Å². The molecule has 0 radical (unpaired) electrons. The maximum Gasteiger partial charge on any atom is 0.326 e. The summed E-state index contributed by atoms with van der Waals surface area (Å²) < 4.78 is 0. The molecule has 56 heavy (non-hydrogen) atoms. The van der Waals surface area contributed by atoms with Crippen LogP contribution in [0.2, 0.25) is 0 Å². The van der Waals surface area contributed by atoms with Gasteiger partial charge in [0.05, 0.1) is 19.4 Å². The number of hydrogen-bond donors (Lipinski definition) is 12. The van der Waals surface area contributed by atoms with Gasteiger partial charge in [-0.2, -0.15) is 0 Å². The molecule has 6 atom stereocenters.